The second kappa shape index (κ2) is 38.9. The van der Waals surface area contributed by atoms with Gasteiger partial charge < -0.3 is 5.11 Å². The van der Waals surface area contributed by atoms with Crippen molar-refractivity contribution in [3.63, 3.8) is 0 Å². The molecule has 276 valence electrons. The molecule has 0 rings (SSSR count). The summed E-state index contributed by atoms with van der Waals surface area (Å²) in [6.07, 6.45) is 51.6. The minimum absolute atomic E-state index is 0.101. The van der Waals surface area contributed by atoms with Crippen molar-refractivity contribution in [2.24, 2.45) is 11.8 Å². The summed E-state index contributed by atoms with van der Waals surface area (Å²) in [5.74, 6) is 0.344. The molecule has 2 atom stereocenters. The normalized spacial score (nSPS) is 12.9. The van der Waals surface area contributed by atoms with E-state index in [0.717, 1.165) is 31.6 Å². The summed E-state index contributed by atoms with van der Waals surface area (Å²) in [5.41, 5.74) is 0. The summed E-state index contributed by atoms with van der Waals surface area (Å²) < 4.78 is 0. The molecule has 0 aliphatic rings. The van der Waals surface area contributed by atoms with E-state index in [1.165, 1.54) is 218 Å². The van der Waals surface area contributed by atoms with Crippen LogP contribution in [0, 0.1) is 11.8 Å². The molecule has 2 heteroatoms. The molecule has 0 amide bonds. The van der Waals surface area contributed by atoms with Crippen molar-refractivity contribution in [2.45, 2.75) is 265 Å². The summed E-state index contributed by atoms with van der Waals surface area (Å²) in [6.45, 7) is 6.99. The molecule has 0 aromatic heterocycles. The first kappa shape index (κ1) is 45.5. The Hall–Kier alpha value is -0.530. The molecule has 0 aliphatic carbocycles. The third kappa shape index (κ3) is 34.8. The van der Waals surface area contributed by atoms with Gasteiger partial charge in [-0.25, -0.2) is 0 Å². The third-order valence-electron chi connectivity index (χ3n) is 11.0. The van der Waals surface area contributed by atoms with Gasteiger partial charge >= 0.3 is 5.97 Å². The number of carbonyl (C=O) groups is 1. The molecule has 0 aromatic carbocycles. The van der Waals surface area contributed by atoms with Gasteiger partial charge in [0.2, 0.25) is 0 Å². The Morgan fingerprint density at radius 1 is 0.348 bits per heavy atom. The van der Waals surface area contributed by atoms with Gasteiger partial charge in [-0.15, -0.1) is 0 Å². The number of hydrogen-bond acceptors (Lipinski definition) is 1. The van der Waals surface area contributed by atoms with Gasteiger partial charge in [0, 0.05) is 0 Å². The van der Waals surface area contributed by atoms with Crippen LogP contribution in [0.3, 0.4) is 0 Å². The summed E-state index contributed by atoms with van der Waals surface area (Å²) in [7, 11) is 0. The van der Waals surface area contributed by atoms with Crippen molar-refractivity contribution in [1.29, 1.82) is 0 Å². The Morgan fingerprint density at radius 2 is 0.587 bits per heavy atom. The van der Waals surface area contributed by atoms with Gasteiger partial charge in [-0.3, -0.25) is 4.79 Å². The maximum absolute atomic E-state index is 11.7. The van der Waals surface area contributed by atoms with Crippen molar-refractivity contribution in [2.75, 3.05) is 0 Å². The number of rotatable bonds is 40. The Morgan fingerprint density at radius 3 is 0.848 bits per heavy atom. The highest BCUT2D eigenvalue weighted by atomic mass is 16.4. The second-order valence-electron chi connectivity index (χ2n) is 15.4. The highest BCUT2D eigenvalue weighted by Crippen LogP contribution is 2.22. The fraction of sp³-hybridized carbons (Fsp3) is 0.977. The van der Waals surface area contributed by atoms with E-state index in [9.17, 15) is 9.90 Å². The van der Waals surface area contributed by atoms with Crippen molar-refractivity contribution in [3.8, 4) is 0 Å². The summed E-state index contributed by atoms with van der Waals surface area (Å²) >= 11 is 0. The average Bonchev–Trinajstić information content (AvgIpc) is 3.06. The lowest BCUT2D eigenvalue weighted by Gasteiger charge is -2.13. The van der Waals surface area contributed by atoms with E-state index in [1.54, 1.807) is 0 Å². The van der Waals surface area contributed by atoms with E-state index in [-0.39, 0.29) is 5.92 Å². The molecule has 0 fully saturated rings. The SMILES string of the molecule is CCCCCCCCCCCCCCCCC(CCCCCCCCCCCCCCCCCCCC(CC)CCCC)C(=O)O. The molecule has 0 radical (unpaired) electrons. The van der Waals surface area contributed by atoms with Crippen LogP contribution in [0.5, 0.6) is 0 Å². The molecule has 0 saturated carbocycles. The van der Waals surface area contributed by atoms with Crippen LogP contribution in [0.2, 0.25) is 0 Å². The van der Waals surface area contributed by atoms with Gasteiger partial charge in [0.25, 0.3) is 0 Å². The van der Waals surface area contributed by atoms with Crippen LogP contribution in [0.1, 0.15) is 265 Å². The molecule has 0 heterocycles. The molecule has 46 heavy (non-hydrogen) atoms. The zero-order chi connectivity index (χ0) is 33.6. The topological polar surface area (TPSA) is 37.3 Å². The van der Waals surface area contributed by atoms with E-state index >= 15 is 0 Å². The van der Waals surface area contributed by atoms with E-state index in [1.807, 2.05) is 0 Å². The summed E-state index contributed by atoms with van der Waals surface area (Å²) in [5, 5.41) is 9.66. The van der Waals surface area contributed by atoms with Gasteiger partial charge in [0.05, 0.1) is 5.92 Å². The van der Waals surface area contributed by atoms with Crippen LogP contribution in [0.15, 0.2) is 0 Å². The smallest absolute Gasteiger partial charge is 0.306 e. The highest BCUT2D eigenvalue weighted by molar-refractivity contribution is 5.69. The average molecular weight is 649 g/mol. The lowest BCUT2D eigenvalue weighted by Crippen LogP contribution is -2.13. The van der Waals surface area contributed by atoms with Crippen LogP contribution in [0.4, 0.5) is 0 Å². The third-order valence-corrected chi connectivity index (χ3v) is 11.0. The molecule has 0 bridgehead atoms. The first-order valence-electron chi connectivity index (χ1n) is 21.9. The summed E-state index contributed by atoms with van der Waals surface area (Å²) in [4.78, 5) is 11.7. The molecular formula is C44H88O2. The van der Waals surface area contributed by atoms with Crippen LogP contribution in [-0.2, 0) is 4.79 Å². The number of aliphatic carboxylic acids is 1. The predicted octanol–water partition coefficient (Wildman–Crippen LogP) is 16.2. The highest BCUT2D eigenvalue weighted by Gasteiger charge is 2.16. The van der Waals surface area contributed by atoms with Crippen LogP contribution in [0.25, 0.3) is 0 Å². The number of carboxylic acid groups (broad SMARTS) is 1. The minimum Gasteiger partial charge on any atom is -0.481 e. The fourth-order valence-corrected chi connectivity index (χ4v) is 7.50. The lowest BCUT2D eigenvalue weighted by molar-refractivity contribution is -0.142. The Bertz CT molecular complexity index is 572. The van der Waals surface area contributed by atoms with Crippen LogP contribution < -0.4 is 0 Å². The number of unbranched alkanes of at least 4 members (excludes halogenated alkanes) is 30. The van der Waals surface area contributed by atoms with E-state index < -0.39 is 5.97 Å². The Kier molecular flexibility index (Phi) is 38.5. The van der Waals surface area contributed by atoms with Crippen molar-refractivity contribution in [1.82, 2.24) is 0 Å². The van der Waals surface area contributed by atoms with E-state index in [4.69, 9.17) is 0 Å². The summed E-state index contributed by atoms with van der Waals surface area (Å²) in [6, 6.07) is 0. The minimum atomic E-state index is -0.553. The van der Waals surface area contributed by atoms with E-state index in [0.29, 0.717) is 0 Å². The Balaban J connectivity index is 3.38. The number of hydrogen-bond donors (Lipinski definition) is 1. The maximum Gasteiger partial charge on any atom is 0.306 e. The largest absolute Gasteiger partial charge is 0.481 e. The Labute approximate surface area is 291 Å². The maximum atomic E-state index is 11.7. The second-order valence-corrected chi connectivity index (χ2v) is 15.4. The zero-order valence-electron chi connectivity index (χ0n) is 32.4. The van der Waals surface area contributed by atoms with Gasteiger partial charge in [0.1, 0.15) is 0 Å². The van der Waals surface area contributed by atoms with Gasteiger partial charge in [-0.2, -0.15) is 0 Å². The molecule has 0 spiro atoms. The molecule has 2 nitrogen and oxygen atoms in total. The van der Waals surface area contributed by atoms with Crippen LogP contribution in [-0.4, -0.2) is 11.1 Å². The van der Waals surface area contributed by atoms with Gasteiger partial charge in [0.15, 0.2) is 0 Å². The number of carboxylic acids is 1. The molecule has 0 aliphatic heterocycles. The fourth-order valence-electron chi connectivity index (χ4n) is 7.50. The quantitative estimate of drug-likeness (QED) is 0.0671. The predicted molar refractivity (Wildman–Crippen MR) is 207 cm³/mol. The van der Waals surface area contributed by atoms with E-state index in [2.05, 4.69) is 20.8 Å². The molecule has 2 unspecified atom stereocenters. The first-order valence-corrected chi connectivity index (χ1v) is 21.9. The van der Waals surface area contributed by atoms with Crippen molar-refractivity contribution >= 4 is 5.97 Å². The van der Waals surface area contributed by atoms with Crippen molar-refractivity contribution in [3.05, 3.63) is 0 Å². The van der Waals surface area contributed by atoms with Crippen LogP contribution >= 0.6 is 0 Å². The standard InChI is InChI=1S/C44H88O2/c1-4-7-9-10-11-12-13-14-21-24-27-30-33-36-40-43(44(45)46)41-37-34-31-28-25-22-19-17-15-16-18-20-23-26-29-32-35-39-42(6-3)38-8-5-2/h42-43H,4-41H2,1-3H3,(H,45,46). The van der Waals surface area contributed by atoms with Gasteiger partial charge in [-0.1, -0.05) is 252 Å². The van der Waals surface area contributed by atoms with Gasteiger partial charge in [-0.05, 0) is 18.8 Å². The monoisotopic (exact) mass is 649 g/mol. The zero-order valence-corrected chi connectivity index (χ0v) is 32.4. The first-order chi connectivity index (χ1) is 22.7. The molecule has 1 N–H and O–H groups in total. The van der Waals surface area contributed by atoms with Crippen molar-refractivity contribution < 1.29 is 9.90 Å². The molecule has 0 aromatic rings. The molecule has 0 saturated heterocycles. The lowest BCUT2D eigenvalue weighted by atomic mass is 9.93. The molecular weight excluding hydrogens is 560 g/mol.